The number of hydrogen-bond donors (Lipinski definition) is 5. The second kappa shape index (κ2) is 18.8. The van der Waals surface area contributed by atoms with Crippen molar-refractivity contribution in [2.24, 2.45) is 5.92 Å². The number of aromatic amines is 1. The van der Waals surface area contributed by atoms with Crippen molar-refractivity contribution < 1.29 is 33.8 Å². The van der Waals surface area contributed by atoms with Gasteiger partial charge in [-0.05, 0) is 72.4 Å². The number of benzene rings is 3. The lowest BCUT2D eigenvalue weighted by Gasteiger charge is -2.29. The molecule has 5 N–H and O–H groups in total. The highest BCUT2D eigenvalue weighted by Gasteiger charge is 2.36. The third kappa shape index (κ3) is 9.57. The first kappa shape index (κ1) is 40.0. The van der Waals surface area contributed by atoms with Crippen LogP contribution >= 0.6 is 0 Å². The van der Waals surface area contributed by atoms with Crippen LogP contribution in [0.2, 0.25) is 0 Å². The molecule has 0 bridgehead atoms. The summed E-state index contributed by atoms with van der Waals surface area (Å²) in [4.78, 5) is 57.1. The Labute approximate surface area is 327 Å². The molecule has 1 fully saturated rings. The molecule has 0 spiro atoms. The van der Waals surface area contributed by atoms with E-state index in [2.05, 4.69) is 46.2 Å². The van der Waals surface area contributed by atoms with Crippen LogP contribution in [-0.2, 0) is 30.3 Å². The maximum absolute atomic E-state index is 13.8. The third-order valence-corrected chi connectivity index (χ3v) is 11.0. The van der Waals surface area contributed by atoms with Crippen LogP contribution in [0.25, 0.3) is 22.0 Å². The Morgan fingerprint density at radius 3 is 2.25 bits per heavy atom. The predicted molar refractivity (Wildman–Crippen MR) is 216 cm³/mol. The zero-order chi connectivity index (χ0) is 39.5. The van der Waals surface area contributed by atoms with Gasteiger partial charge in [0.2, 0.25) is 11.8 Å². The van der Waals surface area contributed by atoms with Crippen molar-refractivity contribution in [3.05, 3.63) is 121 Å². The number of para-hydroxylation sites is 1. The number of fused-ring (bicyclic) bond motifs is 4. The van der Waals surface area contributed by atoms with Crippen LogP contribution in [0.15, 0.2) is 104 Å². The van der Waals surface area contributed by atoms with Crippen LogP contribution in [0.5, 0.6) is 0 Å². The van der Waals surface area contributed by atoms with Crippen molar-refractivity contribution in [2.45, 2.75) is 81.3 Å². The standard InChI is InChI=1S/C45H52N4O7/c1-3-5-20-40(48-44(54)56-28-38-36-18-8-6-16-34(36)35-17-7-9-19-37(35)38)43(53)55-27-32(24-31-26-46-39-21-11-10-15-33(31)39)47-42(52)30(14-4-2)25-41(51)49-45(29-50)22-12-13-23-45/h3-4,6-11,15-19,21,26,30,32,38,40,46,50H,1-2,5,12-14,20,22-25,27-29H2,(H,47,52)(H,48,54)(H,49,51). The molecule has 1 saturated carbocycles. The number of amides is 3. The SMILES string of the molecule is C=CCCC(NC(=O)OCC1c2ccccc2-c2ccccc21)C(=O)OCC(Cc1c[nH]c2ccccc12)NC(=O)C(CC=C)CC(=O)NC1(CO)CCCC1. The molecule has 0 radical (unpaired) electrons. The van der Waals surface area contributed by atoms with Gasteiger partial charge in [0.1, 0.15) is 19.3 Å². The number of ether oxygens (including phenoxy) is 2. The zero-order valence-electron chi connectivity index (χ0n) is 31.8. The number of aliphatic hydroxyl groups excluding tert-OH is 1. The molecule has 6 rings (SSSR count). The minimum absolute atomic E-state index is 0.0900. The molecule has 3 aromatic carbocycles. The van der Waals surface area contributed by atoms with E-state index in [4.69, 9.17) is 9.47 Å². The molecule has 1 heterocycles. The molecule has 2 aliphatic rings. The van der Waals surface area contributed by atoms with Crippen molar-refractivity contribution in [3.8, 4) is 11.1 Å². The quantitative estimate of drug-likeness (QED) is 0.0531. The smallest absolute Gasteiger partial charge is 0.407 e. The first-order valence-corrected chi connectivity index (χ1v) is 19.5. The number of hydrogen-bond acceptors (Lipinski definition) is 7. The summed E-state index contributed by atoms with van der Waals surface area (Å²) < 4.78 is 11.6. The molecule has 1 aromatic heterocycles. The minimum atomic E-state index is -1.03. The number of alkyl carbamates (subject to hydrolysis) is 1. The Morgan fingerprint density at radius 2 is 1.57 bits per heavy atom. The number of nitrogens with one attached hydrogen (secondary N) is 4. The number of allylic oxidation sites excluding steroid dienone is 2. The van der Waals surface area contributed by atoms with Gasteiger partial charge in [0, 0.05) is 29.4 Å². The van der Waals surface area contributed by atoms with Crippen LogP contribution in [0.4, 0.5) is 4.79 Å². The largest absolute Gasteiger partial charge is 0.462 e. The van der Waals surface area contributed by atoms with E-state index in [0.717, 1.165) is 51.6 Å². The van der Waals surface area contributed by atoms with Gasteiger partial charge in [-0.2, -0.15) is 0 Å². The van der Waals surface area contributed by atoms with Gasteiger partial charge in [0.05, 0.1) is 24.1 Å². The number of aromatic nitrogens is 1. The van der Waals surface area contributed by atoms with Gasteiger partial charge in [-0.3, -0.25) is 9.59 Å². The van der Waals surface area contributed by atoms with E-state index in [1.54, 1.807) is 12.2 Å². The zero-order valence-corrected chi connectivity index (χ0v) is 31.8. The van der Waals surface area contributed by atoms with E-state index < -0.39 is 35.6 Å². The Morgan fingerprint density at radius 1 is 0.893 bits per heavy atom. The first-order chi connectivity index (χ1) is 27.2. The van der Waals surface area contributed by atoms with E-state index in [9.17, 15) is 24.3 Å². The molecular formula is C45H52N4O7. The summed E-state index contributed by atoms with van der Waals surface area (Å²) in [6, 6.07) is 22.2. The lowest BCUT2D eigenvalue weighted by molar-refractivity contribution is -0.147. The van der Waals surface area contributed by atoms with Gasteiger partial charge < -0.3 is 35.5 Å². The fourth-order valence-electron chi connectivity index (χ4n) is 8.06. The summed E-state index contributed by atoms with van der Waals surface area (Å²) in [6.07, 6.45) is 8.74. The maximum atomic E-state index is 13.8. The highest BCUT2D eigenvalue weighted by atomic mass is 16.6. The van der Waals surface area contributed by atoms with E-state index >= 15 is 0 Å². The molecule has 11 heteroatoms. The van der Waals surface area contributed by atoms with E-state index in [1.807, 2.05) is 66.9 Å². The van der Waals surface area contributed by atoms with Crippen LogP contribution in [-0.4, -0.2) is 71.4 Å². The summed E-state index contributed by atoms with van der Waals surface area (Å²) in [5.41, 5.74) is 5.54. The monoisotopic (exact) mass is 760 g/mol. The van der Waals surface area contributed by atoms with Crippen LogP contribution in [0.3, 0.4) is 0 Å². The fraction of sp³-hybridized carbons (Fsp3) is 0.378. The molecule has 3 atom stereocenters. The summed E-state index contributed by atoms with van der Waals surface area (Å²) >= 11 is 0. The molecular weight excluding hydrogens is 709 g/mol. The van der Waals surface area contributed by atoms with Gasteiger partial charge in [0.15, 0.2) is 0 Å². The number of esters is 1. The van der Waals surface area contributed by atoms with E-state index in [-0.39, 0.29) is 56.8 Å². The van der Waals surface area contributed by atoms with Crippen LogP contribution in [0, 0.1) is 5.92 Å². The van der Waals surface area contributed by atoms with Gasteiger partial charge in [0.25, 0.3) is 0 Å². The Balaban J connectivity index is 1.11. The second-order valence-electron chi connectivity index (χ2n) is 14.9. The number of aliphatic hydroxyl groups is 1. The predicted octanol–water partition coefficient (Wildman–Crippen LogP) is 6.62. The molecule has 3 unspecified atom stereocenters. The van der Waals surface area contributed by atoms with Crippen molar-refractivity contribution in [3.63, 3.8) is 0 Å². The highest BCUT2D eigenvalue weighted by molar-refractivity contribution is 5.87. The number of carbonyl (C=O) groups excluding carboxylic acids is 4. The first-order valence-electron chi connectivity index (χ1n) is 19.5. The average Bonchev–Trinajstić information content (AvgIpc) is 3.94. The third-order valence-electron chi connectivity index (χ3n) is 11.0. The highest BCUT2D eigenvalue weighted by Crippen LogP contribution is 2.44. The molecule has 294 valence electrons. The summed E-state index contributed by atoms with van der Waals surface area (Å²) in [5, 5.41) is 19.7. The Kier molecular flexibility index (Phi) is 13.4. The molecule has 11 nitrogen and oxygen atoms in total. The maximum Gasteiger partial charge on any atom is 0.407 e. The number of rotatable bonds is 19. The second-order valence-corrected chi connectivity index (χ2v) is 14.9. The topological polar surface area (TPSA) is 159 Å². The Bertz CT molecular complexity index is 1990. The lowest BCUT2D eigenvalue weighted by atomic mass is 9.95. The van der Waals surface area contributed by atoms with E-state index in [0.29, 0.717) is 25.7 Å². The number of carbonyl (C=O) groups is 4. The van der Waals surface area contributed by atoms with Crippen LogP contribution in [0.1, 0.15) is 74.0 Å². The average molecular weight is 761 g/mol. The Hall–Kier alpha value is -5.68. The van der Waals surface area contributed by atoms with Crippen molar-refractivity contribution in [1.82, 2.24) is 20.9 Å². The van der Waals surface area contributed by atoms with Gasteiger partial charge in [-0.1, -0.05) is 91.7 Å². The molecule has 3 amide bonds. The molecule has 0 aliphatic heterocycles. The summed E-state index contributed by atoms with van der Waals surface area (Å²) in [5.74, 6) is -2.25. The normalized spacial score (nSPS) is 15.8. The summed E-state index contributed by atoms with van der Waals surface area (Å²) in [6.45, 7) is 7.32. The van der Waals surface area contributed by atoms with Crippen molar-refractivity contribution in [2.75, 3.05) is 19.8 Å². The minimum Gasteiger partial charge on any atom is -0.462 e. The molecule has 56 heavy (non-hydrogen) atoms. The lowest BCUT2D eigenvalue weighted by Crippen LogP contribution is -2.50. The van der Waals surface area contributed by atoms with Crippen LogP contribution < -0.4 is 16.0 Å². The molecule has 2 aliphatic carbocycles. The molecule has 0 saturated heterocycles. The van der Waals surface area contributed by atoms with Crippen molar-refractivity contribution >= 4 is 34.8 Å². The van der Waals surface area contributed by atoms with E-state index in [1.165, 1.54) is 0 Å². The fourth-order valence-corrected chi connectivity index (χ4v) is 8.06. The summed E-state index contributed by atoms with van der Waals surface area (Å²) in [7, 11) is 0. The van der Waals surface area contributed by atoms with Gasteiger partial charge in [-0.25, -0.2) is 9.59 Å². The van der Waals surface area contributed by atoms with Crippen molar-refractivity contribution in [1.29, 1.82) is 0 Å². The van der Waals surface area contributed by atoms with Gasteiger partial charge in [-0.15, -0.1) is 13.2 Å². The number of H-pyrrole nitrogens is 1. The van der Waals surface area contributed by atoms with Gasteiger partial charge >= 0.3 is 12.1 Å². The molecule has 4 aromatic rings.